The van der Waals surface area contributed by atoms with Gasteiger partial charge in [-0.1, -0.05) is 42.5 Å². The number of benzene rings is 2. The third kappa shape index (κ3) is 2.96. The summed E-state index contributed by atoms with van der Waals surface area (Å²) in [6.07, 6.45) is 1.66. The molecule has 4 heteroatoms. The topological polar surface area (TPSA) is 37.3 Å². The highest BCUT2D eigenvalue weighted by Gasteiger charge is 2.22. The molecule has 2 aromatic rings. The number of aliphatic carboxylic acids is 1. The third-order valence-corrected chi connectivity index (χ3v) is 3.78. The largest absolute Gasteiger partial charge is 0.480 e. The maximum Gasteiger partial charge on any atom is 0.321 e. The number of rotatable bonds is 4. The maximum absolute atomic E-state index is 14.1. The van der Waals surface area contributed by atoms with Gasteiger partial charge < -0.3 is 5.11 Å². The lowest BCUT2D eigenvalue weighted by molar-refractivity contribution is -0.136. The average molecular weight is 276 g/mol. The molecular formula is C15H13FO2S. The van der Waals surface area contributed by atoms with Crippen molar-refractivity contribution in [2.24, 2.45) is 0 Å². The number of hydrogen-bond donors (Lipinski definition) is 1. The van der Waals surface area contributed by atoms with Gasteiger partial charge in [-0.2, -0.15) is 0 Å². The monoisotopic (exact) mass is 276 g/mol. The van der Waals surface area contributed by atoms with Crippen molar-refractivity contribution < 1.29 is 14.3 Å². The Morgan fingerprint density at radius 3 is 2.37 bits per heavy atom. The molecule has 2 aromatic carbocycles. The summed E-state index contributed by atoms with van der Waals surface area (Å²) in [7, 11) is 0. The number of carboxylic acids is 1. The molecule has 0 aromatic heterocycles. The fourth-order valence-electron chi connectivity index (χ4n) is 1.91. The van der Waals surface area contributed by atoms with Gasteiger partial charge in [-0.05, 0) is 23.4 Å². The predicted molar refractivity (Wildman–Crippen MR) is 75.7 cm³/mol. The Kier molecular flexibility index (Phi) is 4.22. The quantitative estimate of drug-likeness (QED) is 0.917. The molecule has 0 saturated heterocycles. The first-order chi connectivity index (χ1) is 9.13. The zero-order valence-corrected chi connectivity index (χ0v) is 11.2. The van der Waals surface area contributed by atoms with E-state index < -0.39 is 17.0 Å². The molecule has 98 valence electrons. The van der Waals surface area contributed by atoms with Crippen molar-refractivity contribution >= 4 is 17.7 Å². The van der Waals surface area contributed by atoms with E-state index in [9.17, 15) is 9.18 Å². The van der Waals surface area contributed by atoms with E-state index in [1.165, 1.54) is 6.07 Å². The van der Waals surface area contributed by atoms with Gasteiger partial charge in [0, 0.05) is 5.56 Å². The fourth-order valence-corrected chi connectivity index (χ4v) is 2.56. The molecule has 0 aliphatic rings. The summed E-state index contributed by atoms with van der Waals surface area (Å²) < 4.78 is 14.1. The Labute approximate surface area is 115 Å². The highest BCUT2D eigenvalue weighted by atomic mass is 32.2. The minimum Gasteiger partial charge on any atom is -0.480 e. The summed E-state index contributed by atoms with van der Waals surface area (Å²) in [6.45, 7) is 0. The molecule has 0 spiro atoms. The first-order valence-electron chi connectivity index (χ1n) is 5.74. The number of hydrogen-bond acceptors (Lipinski definition) is 2. The second-order valence-corrected chi connectivity index (χ2v) is 5.00. The zero-order chi connectivity index (χ0) is 13.8. The Balaban J connectivity index is 2.40. The van der Waals surface area contributed by atoms with Gasteiger partial charge in [0.05, 0.1) is 0 Å². The van der Waals surface area contributed by atoms with Crippen molar-refractivity contribution in [3.63, 3.8) is 0 Å². The third-order valence-electron chi connectivity index (χ3n) is 2.85. The minimum absolute atomic E-state index is 0.208. The van der Waals surface area contributed by atoms with E-state index in [1.54, 1.807) is 18.4 Å². The van der Waals surface area contributed by atoms with E-state index in [1.807, 2.05) is 30.3 Å². The van der Waals surface area contributed by atoms with Crippen molar-refractivity contribution in [1.82, 2.24) is 0 Å². The summed E-state index contributed by atoms with van der Waals surface area (Å²) in [5, 5.41) is 8.18. The van der Waals surface area contributed by atoms with Crippen LogP contribution in [0.1, 0.15) is 10.8 Å². The molecule has 0 amide bonds. The Morgan fingerprint density at radius 1 is 1.16 bits per heavy atom. The van der Waals surface area contributed by atoms with E-state index >= 15 is 0 Å². The van der Waals surface area contributed by atoms with Crippen LogP contribution in [0, 0.1) is 5.82 Å². The Morgan fingerprint density at radius 2 is 1.84 bits per heavy atom. The Bertz CT molecular complexity index is 584. The van der Waals surface area contributed by atoms with Crippen LogP contribution in [0.5, 0.6) is 0 Å². The van der Waals surface area contributed by atoms with E-state index in [4.69, 9.17) is 5.11 Å². The predicted octanol–water partition coefficient (Wildman–Crippen LogP) is 3.98. The first-order valence-corrected chi connectivity index (χ1v) is 7.02. The van der Waals surface area contributed by atoms with Crippen LogP contribution >= 0.6 is 11.8 Å². The molecule has 1 N–H and O–H groups in total. The highest BCUT2D eigenvalue weighted by molar-refractivity contribution is 7.99. The summed E-state index contributed by atoms with van der Waals surface area (Å²) in [5.41, 5.74) is 1.86. The molecular weight excluding hydrogens is 263 g/mol. The van der Waals surface area contributed by atoms with Crippen LogP contribution in [0.2, 0.25) is 0 Å². The Hall–Kier alpha value is -1.81. The van der Waals surface area contributed by atoms with Gasteiger partial charge in [-0.15, -0.1) is 11.8 Å². The van der Waals surface area contributed by atoms with Gasteiger partial charge >= 0.3 is 5.97 Å². The summed E-state index contributed by atoms with van der Waals surface area (Å²) >= 11 is 1.11. The van der Waals surface area contributed by atoms with E-state index in [0.717, 1.165) is 22.9 Å². The minimum atomic E-state index is -1.03. The number of halogens is 1. The molecule has 2 nitrogen and oxygen atoms in total. The van der Waals surface area contributed by atoms with Crippen LogP contribution in [0.25, 0.3) is 11.1 Å². The molecule has 1 unspecified atom stereocenters. The molecule has 0 radical (unpaired) electrons. The fraction of sp³-hybridized carbons (Fsp3) is 0.133. The zero-order valence-electron chi connectivity index (χ0n) is 10.3. The van der Waals surface area contributed by atoms with Gasteiger partial charge in [0.15, 0.2) is 0 Å². The maximum atomic E-state index is 14.1. The number of carboxylic acid groups (broad SMARTS) is 1. The van der Waals surface area contributed by atoms with Crippen molar-refractivity contribution in [3.8, 4) is 11.1 Å². The second-order valence-electron chi connectivity index (χ2n) is 4.06. The van der Waals surface area contributed by atoms with Gasteiger partial charge in [-0.3, -0.25) is 4.79 Å². The second kappa shape index (κ2) is 5.89. The van der Waals surface area contributed by atoms with E-state index in [-0.39, 0.29) is 5.56 Å². The molecule has 2 rings (SSSR count). The SMILES string of the molecule is CSC(C(=O)O)c1ccc(-c2ccccc2)cc1F. The molecule has 19 heavy (non-hydrogen) atoms. The van der Waals surface area contributed by atoms with Gasteiger partial charge in [0.1, 0.15) is 11.1 Å². The van der Waals surface area contributed by atoms with Crippen molar-refractivity contribution in [2.45, 2.75) is 5.25 Å². The highest BCUT2D eigenvalue weighted by Crippen LogP contribution is 2.31. The van der Waals surface area contributed by atoms with E-state index in [0.29, 0.717) is 0 Å². The van der Waals surface area contributed by atoms with Crippen LogP contribution in [0.4, 0.5) is 4.39 Å². The van der Waals surface area contributed by atoms with Gasteiger partial charge in [-0.25, -0.2) is 4.39 Å². The van der Waals surface area contributed by atoms with Crippen LogP contribution in [-0.2, 0) is 4.79 Å². The summed E-state index contributed by atoms with van der Waals surface area (Å²) in [4.78, 5) is 11.1. The smallest absolute Gasteiger partial charge is 0.321 e. The normalized spacial score (nSPS) is 12.1. The number of thioether (sulfide) groups is 1. The van der Waals surface area contributed by atoms with Crippen LogP contribution in [-0.4, -0.2) is 17.3 Å². The first kappa shape index (κ1) is 13.6. The lowest BCUT2D eigenvalue weighted by Crippen LogP contribution is -2.09. The van der Waals surface area contributed by atoms with Crippen LogP contribution in [0.15, 0.2) is 48.5 Å². The standard InChI is InChI=1S/C15H13FO2S/c1-19-14(15(17)18)12-8-7-11(9-13(12)16)10-5-3-2-4-6-10/h2-9,14H,1H3,(H,17,18). The van der Waals surface area contributed by atoms with Gasteiger partial charge in [0.25, 0.3) is 0 Å². The number of carbonyl (C=O) groups is 1. The lowest BCUT2D eigenvalue weighted by Gasteiger charge is -2.12. The molecule has 0 saturated carbocycles. The van der Waals surface area contributed by atoms with Crippen molar-refractivity contribution in [2.75, 3.05) is 6.26 Å². The van der Waals surface area contributed by atoms with Crippen LogP contribution < -0.4 is 0 Å². The lowest BCUT2D eigenvalue weighted by atomic mass is 10.0. The van der Waals surface area contributed by atoms with Crippen molar-refractivity contribution in [1.29, 1.82) is 0 Å². The van der Waals surface area contributed by atoms with Gasteiger partial charge in [0.2, 0.25) is 0 Å². The summed E-state index contributed by atoms with van der Waals surface area (Å²) in [5.74, 6) is -1.51. The molecule has 0 fully saturated rings. The summed E-state index contributed by atoms with van der Waals surface area (Å²) in [6, 6.07) is 14.1. The van der Waals surface area contributed by atoms with Crippen molar-refractivity contribution in [3.05, 3.63) is 59.9 Å². The molecule has 0 aliphatic carbocycles. The van der Waals surface area contributed by atoms with Crippen LogP contribution in [0.3, 0.4) is 0 Å². The molecule has 0 bridgehead atoms. The molecule has 1 atom stereocenters. The molecule has 0 aliphatic heterocycles. The average Bonchev–Trinajstić information content (AvgIpc) is 2.42. The van der Waals surface area contributed by atoms with E-state index in [2.05, 4.69) is 0 Å². The molecule has 0 heterocycles.